The van der Waals surface area contributed by atoms with Gasteiger partial charge in [0, 0.05) is 5.56 Å². The first-order valence-electron chi connectivity index (χ1n) is 6.28. The molecule has 2 aromatic rings. The second-order valence-electron chi connectivity index (χ2n) is 3.92. The Kier molecular flexibility index (Phi) is 5.31. The molecule has 0 saturated carbocycles. The van der Waals surface area contributed by atoms with Crippen LogP contribution < -0.4 is 10.1 Å². The number of halogens is 1. The van der Waals surface area contributed by atoms with Crippen molar-refractivity contribution in [3.63, 3.8) is 0 Å². The van der Waals surface area contributed by atoms with E-state index in [1.54, 1.807) is 31.2 Å². The Balaban J connectivity index is 1.92. The molecule has 1 heterocycles. The Morgan fingerprint density at radius 1 is 1.36 bits per heavy atom. The molecule has 9 heteroatoms. The lowest BCUT2D eigenvalue weighted by atomic mass is 10.2. The zero-order valence-electron chi connectivity index (χ0n) is 11.5. The monoisotopic (exact) mass is 325 g/mol. The molecule has 0 fully saturated rings. The van der Waals surface area contributed by atoms with Crippen LogP contribution in [0.5, 0.6) is 6.08 Å². The number of imide groups is 1. The third-order valence-corrected chi connectivity index (χ3v) is 2.70. The maximum Gasteiger partial charge on any atom is 0.418 e. The zero-order valence-corrected chi connectivity index (χ0v) is 12.3. The number of nitrogens with zero attached hydrogens (tertiary/aromatic N) is 2. The molecular weight excluding hydrogens is 314 g/mol. The van der Waals surface area contributed by atoms with Crippen LogP contribution in [-0.2, 0) is 9.53 Å². The number of amides is 2. The summed E-state index contributed by atoms with van der Waals surface area (Å²) in [5.41, 5.74) is 0.568. The third-order valence-electron chi connectivity index (χ3n) is 2.37. The van der Waals surface area contributed by atoms with Crippen molar-refractivity contribution in [2.24, 2.45) is 0 Å². The van der Waals surface area contributed by atoms with Crippen LogP contribution in [0.1, 0.15) is 6.92 Å². The number of alkyl carbamates (subject to hydrolysis) is 1. The molecule has 1 aromatic carbocycles. The van der Waals surface area contributed by atoms with E-state index >= 15 is 0 Å². The number of benzene rings is 1. The molecule has 2 rings (SSSR count). The van der Waals surface area contributed by atoms with Gasteiger partial charge in [-0.2, -0.15) is 4.98 Å². The van der Waals surface area contributed by atoms with Crippen LogP contribution >= 0.6 is 11.6 Å². The van der Waals surface area contributed by atoms with Crippen molar-refractivity contribution in [2.45, 2.75) is 6.92 Å². The van der Waals surface area contributed by atoms with Gasteiger partial charge in [-0.25, -0.2) is 4.79 Å². The molecule has 22 heavy (non-hydrogen) atoms. The highest BCUT2D eigenvalue weighted by Crippen LogP contribution is 2.26. The number of nitrogens with one attached hydrogen (secondary N) is 1. The smallest absolute Gasteiger partial charge is 0.418 e. The van der Waals surface area contributed by atoms with Crippen molar-refractivity contribution in [3.8, 4) is 17.5 Å². The van der Waals surface area contributed by atoms with E-state index in [-0.39, 0.29) is 18.5 Å². The van der Waals surface area contributed by atoms with Crippen LogP contribution in [0.3, 0.4) is 0 Å². The second kappa shape index (κ2) is 7.41. The Morgan fingerprint density at radius 3 is 2.86 bits per heavy atom. The summed E-state index contributed by atoms with van der Waals surface area (Å²) < 4.78 is 14.4. The number of hydrogen-bond acceptors (Lipinski definition) is 7. The highest BCUT2D eigenvalue weighted by Gasteiger charge is 2.14. The van der Waals surface area contributed by atoms with Gasteiger partial charge in [0.05, 0.1) is 11.6 Å². The first-order valence-corrected chi connectivity index (χ1v) is 6.66. The van der Waals surface area contributed by atoms with Gasteiger partial charge < -0.3 is 9.47 Å². The highest BCUT2D eigenvalue weighted by molar-refractivity contribution is 6.33. The minimum atomic E-state index is -0.849. The lowest BCUT2D eigenvalue weighted by Gasteiger charge is -2.03. The van der Waals surface area contributed by atoms with E-state index in [0.717, 1.165) is 0 Å². The van der Waals surface area contributed by atoms with E-state index in [1.807, 2.05) is 5.32 Å². The van der Waals surface area contributed by atoms with E-state index in [0.29, 0.717) is 10.6 Å². The zero-order chi connectivity index (χ0) is 15.9. The predicted octanol–water partition coefficient (Wildman–Crippen LogP) is 2.04. The number of hydrogen-bond donors (Lipinski definition) is 1. The SMILES string of the molecule is CCOC(=O)NC(=O)COc1nc(-c2ccccc2Cl)no1. The van der Waals surface area contributed by atoms with E-state index in [2.05, 4.69) is 14.9 Å². The second-order valence-corrected chi connectivity index (χ2v) is 4.33. The number of aromatic nitrogens is 2. The van der Waals surface area contributed by atoms with Gasteiger partial charge in [-0.15, -0.1) is 0 Å². The molecule has 0 aliphatic rings. The van der Waals surface area contributed by atoms with Gasteiger partial charge in [-0.1, -0.05) is 28.9 Å². The average molecular weight is 326 g/mol. The summed E-state index contributed by atoms with van der Waals surface area (Å²) in [6, 6.07) is 6.93. The van der Waals surface area contributed by atoms with Crippen molar-refractivity contribution in [3.05, 3.63) is 29.3 Å². The molecular formula is C13H12ClN3O5. The summed E-state index contributed by atoms with van der Waals surface area (Å²) in [7, 11) is 0. The van der Waals surface area contributed by atoms with Crippen molar-refractivity contribution in [1.82, 2.24) is 15.5 Å². The fourth-order valence-electron chi connectivity index (χ4n) is 1.46. The quantitative estimate of drug-likeness (QED) is 0.897. The molecule has 0 bridgehead atoms. The van der Waals surface area contributed by atoms with Gasteiger partial charge in [0.25, 0.3) is 5.91 Å². The number of carbonyl (C=O) groups excluding carboxylic acids is 2. The van der Waals surface area contributed by atoms with Gasteiger partial charge in [-0.05, 0) is 19.1 Å². The molecule has 0 aliphatic heterocycles. The molecule has 1 N–H and O–H groups in total. The van der Waals surface area contributed by atoms with Gasteiger partial charge in [0.1, 0.15) is 0 Å². The van der Waals surface area contributed by atoms with Gasteiger partial charge in [-0.3, -0.25) is 14.6 Å². The van der Waals surface area contributed by atoms with E-state index in [9.17, 15) is 9.59 Å². The Bertz CT molecular complexity index is 673. The Labute approximate surface area is 130 Å². The van der Waals surface area contributed by atoms with Crippen molar-refractivity contribution < 1.29 is 23.6 Å². The molecule has 116 valence electrons. The van der Waals surface area contributed by atoms with E-state index in [4.69, 9.17) is 20.9 Å². The summed E-state index contributed by atoms with van der Waals surface area (Å²) in [5.74, 6) is -0.470. The first-order chi connectivity index (χ1) is 10.6. The van der Waals surface area contributed by atoms with Crippen LogP contribution in [0.2, 0.25) is 5.02 Å². The van der Waals surface area contributed by atoms with Crippen molar-refractivity contribution in [1.29, 1.82) is 0 Å². The van der Waals surface area contributed by atoms with Gasteiger partial charge in [0.15, 0.2) is 6.61 Å². The molecule has 8 nitrogen and oxygen atoms in total. The lowest BCUT2D eigenvalue weighted by molar-refractivity contribution is -0.122. The third kappa shape index (κ3) is 4.19. The molecule has 0 unspecified atom stereocenters. The number of ether oxygens (including phenoxy) is 2. The Morgan fingerprint density at radius 2 is 2.14 bits per heavy atom. The van der Waals surface area contributed by atoms with Crippen LogP contribution in [0.15, 0.2) is 28.8 Å². The van der Waals surface area contributed by atoms with Gasteiger partial charge >= 0.3 is 12.2 Å². The molecule has 2 amide bonds. The summed E-state index contributed by atoms with van der Waals surface area (Å²) in [6.45, 7) is 1.31. The maximum absolute atomic E-state index is 11.4. The van der Waals surface area contributed by atoms with E-state index in [1.165, 1.54) is 0 Å². The van der Waals surface area contributed by atoms with Gasteiger partial charge in [0.2, 0.25) is 5.82 Å². The topological polar surface area (TPSA) is 104 Å². The van der Waals surface area contributed by atoms with Crippen LogP contribution in [0, 0.1) is 0 Å². The van der Waals surface area contributed by atoms with Crippen LogP contribution in [0.4, 0.5) is 4.79 Å². The molecule has 0 radical (unpaired) electrons. The normalized spacial score (nSPS) is 10.1. The highest BCUT2D eigenvalue weighted by atomic mass is 35.5. The number of rotatable bonds is 5. The number of carbonyl (C=O) groups is 2. The molecule has 0 atom stereocenters. The lowest BCUT2D eigenvalue weighted by Crippen LogP contribution is -2.34. The van der Waals surface area contributed by atoms with Crippen molar-refractivity contribution in [2.75, 3.05) is 13.2 Å². The summed E-state index contributed by atoms with van der Waals surface area (Å²) in [6.07, 6.45) is -1.06. The Hall–Kier alpha value is -2.61. The predicted molar refractivity (Wildman–Crippen MR) is 75.4 cm³/mol. The van der Waals surface area contributed by atoms with E-state index < -0.39 is 18.6 Å². The standard InChI is InChI=1S/C13H12ClN3O5/c1-2-20-12(19)15-10(18)7-21-13-16-11(17-22-13)8-5-3-4-6-9(8)14/h3-6H,2,7H2,1H3,(H,15,18,19). The summed E-state index contributed by atoms with van der Waals surface area (Å²) in [4.78, 5) is 26.3. The largest absolute Gasteiger partial charge is 0.450 e. The minimum absolute atomic E-state index is 0.158. The maximum atomic E-state index is 11.4. The van der Waals surface area contributed by atoms with Crippen LogP contribution in [-0.4, -0.2) is 35.4 Å². The molecule has 0 aliphatic carbocycles. The summed E-state index contributed by atoms with van der Waals surface area (Å²) >= 11 is 6.00. The minimum Gasteiger partial charge on any atom is -0.450 e. The molecule has 0 saturated heterocycles. The van der Waals surface area contributed by atoms with Crippen molar-refractivity contribution >= 4 is 23.6 Å². The summed E-state index contributed by atoms with van der Waals surface area (Å²) in [5, 5.41) is 6.11. The average Bonchev–Trinajstić information content (AvgIpc) is 2.94. The fourth-order valence-corrected chi connectivity index (χ4v) is 1.68. The fraction of sp³-hybridized carbons (Fsp3) is 0.231. The first kappa shape index (κ1) is 15.8. The molecule has 0 spiro atoms. The van der Waals surface area contributed by atoms with Crippen LogP contribution in [0.25, 0.3) is 11.4 Å². The molecule has 1 aromatic heterocycles.